The summed E-state index contributed by atoms with van der Waals surface area (Å²) in [5.41, 5.74) is 24.3. The fourth-order valence-corrected chi connectivity index (χ4v) is 9.34. The minimum Gasteiger partial charge on any atom is -0.0622 e. The molecule has 0 N–H and O–H groups in total. The Morgan fingerprint density at radius 2 is 0.804 bits per heavy atom. The molecule has 0 aliphatic heterocycles. The Bertz CT molecular complexity index is 2680. The van der Waals surface area contributed by atoms with Crippen LogP contribution in [0.5, 0.6) is 0 Å². The van der Waals surface area contributed by atoms with E-state index in [1.54, 1.807) is 0 Å². The average Bonchev–Trinajstić information content (AvgIpc) is 3.85. The summed E-state index contributed by atoms with van der Waals surface area (Å²) in [6.45, 7) is 0. The van der Waals surface area contributed by atoms with Crippen LogP contribution in [-0.2, 0) is 6.42 Å². The number of fused-ring (bicyclic) bond motifs is 9. The summed E-state index contributed by atoms with van der Waals surface area (Å²) in [4.78, 5) is 0. The van der Waals surface area contributed by atoms with Crippen LogP contribution in [-0.4, -0.2) is 0 Å². The lowest BCUT2D eigenvalue weighted by Crippen LogP contribution is -2.00. The Kier molecular flexibility index (Phi) is 6.24. The SMILES string of the molecule is c1ccc(C2c3ccccc3-c3cc(-c4ccc5c(c4)C(c4cccc(-c6ccc7c(c6)-c6ccccc6C7)c4)c4ccccc4-5)ccc32)cc1. The van der Waals surface area contributed by atoms with Crippen LogP contribution in [0.3, 0.4) is 0 Å². The maximum absolute atomic E-state index is 2.47. The first-order valence-electron chi connectivity index (χ1n) is 18.1. The lowest BCUT2D eigenvalue weighted by Gasteiger charge is -2.17. The Balaban J connectivity index is 1.01. The van der Waals surface area contributed by atoms with Crippen LogP contribution < -0.4 is 0 Å². The molecule has 0 amide bonds. The van der Waals surface area contributed by atoms with Crippen molar-refractivity contribution in [1.82, 2.24) is 0 Å². The van der Waals surface area contributed by atoms with Gasteiger partial charge < -0.3 is 0 Å². The zero-order valence-electron chi connectivity index (χ0n) is 28.2. The van der Waals surface area contributed by atoms with E-state index < -0.39 is 0 Å². The standard InChI is InChI=1S/C51H34/c1-2-11-32(12-3-1)50-45-20-9-7-18-42(45)48-30-35(24-26-46(48)50)36-23-25-43-41-17-6-8-19-44(41)51(49(43)31-36)39-15-10-14-33(27-39)34-21-22-38-28-37-13-4-5-16-40(37)47(38)29-34/h1-27,29-31,50-51H,28H2. The van der Waals surface area contributed by atoms with Gasteiger partial charge in [0.25, 0.3) is 0 Å². The molecule has 3 aliphatic carbocycles. The van der Waals surface area contributed by atoms with Gasteiger partial charge in [0, 0.05) is 11.8 Å². The summed E-state index contributed by atoms with van der Waals surface area (Å²) in [6, 6.07) is 68.4. The van der Waals surface area contributed by atoms with Gasteiger partial charge in [0.15, 0.2) is 0 Å². The molecule has 0 heteroatoms. The normalized spacial score (nSPS) is 15.8. The van der Waals surface area contributed by atoms with Crippen LogP contribution >= 0.6 is 0 Å². The third kappa shape index (κ3) is 4.40. The third-order valence-corrected chi connectivity index (χ3v) is 11.7. The van der Waals surface area contributed by atoms with Crippen LogP contribution in [0.15, 0.2) is 182 Å². The van der Waals surface area contributed by atoms with Crippen molar-refractivity contribution in [3.63, 3.8) is 0 Å². The first-order valence-corrected chi connectivity index (χ1v) is 18.1. The third-order valence-electron chi connectivity index (χ3n) is 11.7. The summed E-state index contributed by atoms with van der Waals surface area (Å²) in [5, 5.41) is 0. The van der Waals surface area contributed by atoms with E-state index in [9.17, 15) is 0 Å². The minimum absolute atomic E-state index is 0.170. The van der Waals surface area contributed by atoms with Crippen molar-refractivity contribution < 1.29 is 0 Å². The van der Waals surface area contributed by atoms with Crippen LogP contribution in [0.25, 0.3) is 55.6 Å². The van der Waals surface area contributed by atoms with Gasteiger partial charge in [-0.2, -0.15) is 0 Å². The van der Waals surface area contributed by atoms with Gasteiger partial charge in [-0.15, -0.1) is 0 Å². The molecule has 0 radical (unpaired) electrons. The van der Waals surface area contributed by atoms with Crippen molar-refractivity contribution in [2.24, 2.45) is 0 Å². The fourth-order valence-electron chi connectivity index (χ4n) is 9.34. The van der Waals surface area contributed by atoms with E-state index in [0.29, 0.717) is 0 Å². The van der Waals surface area contributed by atoms with E-state index in [4.69, 9.17) is 0 Å². The lowest BCUT2D eigenvalue weighted by atomic mass is 9.86. The summed E-state index contributed by atoms with van der Waals surface area (Å²) in [6.07, 6.45) is 1.02. The van der Waals surface area contributed by atoms with E-state index in [1.165, 1.54) is 100 Å². The van der Waals surface area contributed by atoms with Gasteiger partial charge in [0.2, 0.25) is 0 Å². The maximum atomic E-state index is 2.47. The molecule has 0 fully saturated rings. The highest BCUT2D eigenvalue weighted by molar-refractivity contribution is 5.88. The Morgan fingerprint density at radius 3 is 1.63 bits per heavy atom. The second-order valence-electron chi connectivity index (χ2n) is 14.4. The molecular formula is C51H34. The average molecular weight is 647 g/mol. The van der Waals surface area contributed by atoms with E-state index >= 15 is 0 Å². The number of hydrogen-bond acceptors (Lipinski definition) is 0. The van der Waals surface area contributed by atoms with Gasteiger partial charge in [-0.3, -0.25) is 0 Å². The van der Waals surface area contributed by atoms with E-state index in [1.807, 2.05) is 0 Å². The van der Waals surface area contributed by atoms with Crippen LogP contribution in [0.1, 0.15) is 56.3 Å². The molecule has 11 rings (SSSR count). The molecule has 0 heterocycles. The molecule has 0 nitrogen and oxygen atoms in total. The Morgan fingerprint density at radius 1 is 0.275 bits per heavy atom. The quantitative estimate of drug-likeness (QED) is 0.178. The van der Waals surface area contributed by atoms with Gasteiger partial charge in [0.05, 0.1) is 0 Å². The molecule has 0 saturated heterocycles. The van der Waals surface area contributed by atoms with Crippen molar-refractivity contribution in [2.75, 3.05) is 0 Å². The molecule has 8 aromatic carbocycles. The maximum Gasteiger partial charge on any atom is 0.0352 e. The largest absolute Gasteiger partial charge is 0.0622 e. The van der Waals surface area contributed by atoms with Gasteiger partial charge in [-0.05, 0) is 125 Å². The molecule has 0 aromatic heterocycles. The van der Waals surface area contributed by atoms with Gasteiger partial charge >= 0.3 is 0 Å². The fraction of sp³-hybridized carbons (Fsp3) is 0.0588. The second-order valence-corrected chi connectivity index (χ2v) is 14.4. The summed E-state index contributed by atoms with van der Waals surface area (Å²) in [7, 11) is 0. The van der Waals surface area contributed by atoms with Crippen molar-refractivity contribution in [1.29, 1.82) is 0 Å². The molecule has 0 spiro atoms. The monoisotopic (exact) mass is 646 g/mol. The molecule has 238 valence electrons. The molecule has 3 aliphatic rings. The molecule has 0 bridgehead atoms. The number of hydrogen-bond donors (Lipinski definition) is 0. The molecule has 0 saturated carbocycles. The molecule has 51 heavy (non-hydrogen) atoms. The first-order chi connectivity index (χ1) is 25.3. The predicted molar refractivity (Wildman–Crippen MR) is 211 cm³/mol. The van der Waals surface area contributed by atoms with Gasteiger partial charge in [-0.1, -0.05) is 164 Å². The van der Waals surface area contributed by atoms with Crippen LogP contribution in [0.4, 0.5) is 0 Å². The van der Waals surface area contributed by atoms with E-state index in [-0.39, 0.29) is 11.8 Å². The zero-order chi connectivity index (χ0) is 33.5. The summed E-state index contributed by atoms with van der Waals surface area (Å²) in [5.74, 6) is 0.432. The Hall–Kier alpha value is -6.24. The van der Waals surface area contributed by atoms with Crippen molar-refractivity contribution in [3.05, 3.63) is 226 Å². The highest BCUT2D eigenvalue weighted by Gasteiger charge is 2.32. The van der Waals surface area contributed by atoms with Crippen molar-refractivity contribution >= 4 is 0 Å². The van der Waals surface area contributed by atoms with Gasteiger partial charge in [0.1, 0.15) is 0 Å². The van der Waals surface area contributed by atoms with Crippen molar-refractivity contribution in [3.8, 4) is 55.6 Å². The first kappa shape index (κ1) is 28.6. The van der Waals surface area contributed by atoms with Crippen molar-refractivity contribution in [2.45, 2.75) is 18.3 Å². The van der Waals surface area contributed by atoms with Crippen LogP contribution in [0, 0.1) is 0 Å². The molecule has 8 aromatic rings. The molecular weight excluding hydrogens is 613 g/mol. The number of rotatable bonds is 4. The van der Waals surface area contributed by atoms with E-state index in [0.717, 1.165) is 6.42 Å². The van der Waals surface area contributed by atoms with Crippen LogP contribution in [0.2, 0.25) is 0 Å². The second kappa shape index (κ2) is 11.1. The summed E-state index contributed by atoms with van der Waals surface area (Å²) >= 11 is 0. The lowest BCUT2D eigenvalue weighted by molar-refractivity contribution is 1.01. The molecule has 2 unspecified atom stereocenters. The highest BCUT2D eigenvalue weighted by Crippen LogP contribution is 2.52. The highest BCUT2D eigenvalue weighted by atomic mass is 14.4. The predicted octanol–water partition coefficient (Wildman–Crippen LogP) is 12.9. The smallest absolute Gasteiger partial charge is 0.0352 e. The van der Waals surface area contributed by atoms with Gasteiger partial charge in [-0.25, -0.2) is 0 Å². The summed E-state index contributed by atoms with van der Waals surface area (Å²) < 4.78 is 0. The minimum atomic E-state index is 0.170. The zero-order valence-corrected chi connectivity index (χ0v) is 28.2. The number of benzene rings is 8. The Labute approximate surface area is 299 Å². The molecule has 2 atom stereocenters. The van der Waals surface area contributed by atoms with E-state index in [2.05, 4.69) is 182 Å². The topological polar surface area (TPSA) is 0 Å².